The highest BCUT2D eigenvalue weighted by molar-refractivity contribution is 7.93. The predicted octanol–water partition coefficient (Wildman–Crippen LogP) is 4.70. The SMILES string of the molecule is O=C(N1Cc2ccc(S(=O)(=O)Nc3nccs3)cc2C1)C(Cl)(Cl)Cl.O=S(=O)(Nc1nccs1)c1ccc2c(c1)CNC2. The van der Waals surface area contributed by atoms with Crippen molar-refractivity contribution < 1.29 is 21.6 Å². The Balaban J connectivity index is 0.000000175. The van der Waals surface area contributed by atoms with Gasteiger partial charge in [-0.1, -0.05) is 46.9 Å². The van der Waals surface area contributed by atoms with Gasteiger partial charge in [0.15, 0.2) is 10.3 Å². The molecule has 6 rings (SSSR count). The van der Waals surface area contributed by atoms with E-state index in [0.29, 0.717) is 10.7 Å². The number of amides is 1. The molecule has 0 spiro atoms. The summed E-state index contributed by atoms with van der Waals surface area (Å²) >= 11 is 19.3. The maximum absolute atomic E-state index is 12.4. The zero-order valence-electron chi connectivity index (χ0n) is 21.3. The Morgan fingerprint density at radius 3 is 1.81 bits per heavy atom. The minimum atomic E-state index is -3.75. The van der Waals surface area contributed by atoms with E-state index in [-0.39, 0.29) is 28.0 Å². The first kappa shape index (κ1) is 30.9. The number of hydrogen-bond donors (Lipinski definition) is 3. The van der Waals surface area contributed by atoms with Crippen LogP contribution in [0.4, 0.5) is 10.3 Å². The van der Waals surface area contributed by atoms with Gasteiger partial charge < -0.3 is 10.2 Å². The second-order valence-corrected chi connectivity index (χ2v) is 16.4. The third-order valence-electron chi connectivity index (χ3n) is 6.17. The standard InChI is InChI=1S/C13H10Cl3N3O3S2.C11H11N3O2S2/c14-13(15,16)11(20)19-6-8-1-2-10(5-9(8)7-19)24(21,22)18-12-17-3-4-23-12;15-18(16,14-11-13-3-4-17-11)10-2-1-8-6-12-7-9(8)5-10/h1-5H,6-7H2,(H,17,18);1-5,12H,6-7H2,(H,13,14). The van der Waals surface area contributed by atoms with Gasteiger partial charge in [0.1, 0.15) is 0 Å². The van der Waals surface area contributed by atoms with Crippen LogP contribution in [-0.2, 0) is 51.0 Å². The highest BCUT2D eigenvalue weighted by Gasteiger charge is 2.38. The molecule has 4 heterocycles. The molecule has 1 amide bonds. The lowest BCUT2D eigenvalue weighted by Gasteiger charge is -2.20. The topological polar surface area (TPSA) is 150 Å². The first-order valence-corrected chi connectivity index (χ1v) is 17.8. The largest absolute Gasteiger partial charge is 0.330 e. The monoisotopic (exact) mass is 706 g/mol. The summed E-state index contributed by atoms with van der Waals surface area (Å²) in [5.41, 5.74) is 3.70. The van der Waals surface area contributed by atoms with E-state index < -0.39 is 29.7 Å². The number of carbonyl (C=O) groups excluding carboxylic acids is 1. The lowest BCUT2D eigenvalue weighted by atomic mass is 10.1. The molecule has 4 aromatic rings. The van der Waals surface area contributed by atoms with Gasteiger partial charge in [-0.15, -0.1) is 22.7 Å². The Morgan fingerprint density at radius 1 is 0.786 bits per heavy atom. The van der Waals surface area contributed by atoms with Crippen LogP contribution < -0.4 is 14.8 Å². The van der Waals surface area contributed by atoms with Crippen molar-refractivity contribution in [3.63, 3.8) is 0 Å². The van der Waals surface area contributed by atoms with Crippen LogP contribution in [0, 0.1) is 0 Å². The van der Waals surface area contributed by atoms with E-state index >= 15 is 0 Å². The van der Waals surface area contributed by atoms with E-state index in [0.717, 1.165) is 29.8 Å². The minimum Gasteiger partial charge on any atom is -0.330 e. The van der Waals surface area contributed by atoms with Crippen LogP contribution in [0.25, 0.3) is 0 Å². The molecule has 2 aliphatic heterocycles. The quantitative estimate of drug-likeness (QED) is 0.244. The number of fused-ring (bicyclic) bond motifs is 2. The molecular formula is C24H21Cl3N6O5S4. The van der Waals surface area contributed by atoms with Crippen molar-refractivity contribution in [2.24, 2.45) is 0 Å². The van der Waals surface area contributed by atoms with E-state index in [2.05, 4.69) is 24.7 Å². The van der Waals surface area contributed by atoms with Crippen molar-refractivity contribution in [1.82, 2.24) is 20.2 Å². The van der Waals surface area contributed by atoms with Crippen molar-refractivity contribution in [2.75, 3.05) is 9.44 Å². The van der Waals surface area contributed by atoms with Crippen molar-refractivity contribution in [3.8, 4) is 0 Å². The predicted molar refractivity (Wildman–Crippen MR) is 164 cm³/mol. The van der Waals surface area contributed by atoms with Crippen LogP contribution >= 0.6 is 57.5 Å². The second-order valence-electron chi connectivity index (χ2n) is 9.01. The average Bonchev–Trinajstić information content (AvgIpc) is 3.74. The molecule has 0 unspecified atom stereocenters. The van der Waals surface area contributed by atoms with Gasteiger partial charge in [0.2, 0.25) is 0 Å². The second kappa shape index (κ2) is 12.2. The van der Waals surface area contributed by atoms with Crippen LogP contribution in [0.1, 0.15) is 22.3 Å². The zero-order valence-corrected chi connectivity index (χ0v) is 26.8. The summed E-state index contributed by atoms with van der Waals surface area (Å²) in [5, 5.41) is 7.24. The van der Waals surface area contributed by atoms with Gasteiger partial charge in [-0.05, 0) is 46.5 Å². The molecule has 18 heteroatoms. The van der Waals surface area contributed by atoms with Gasteiger partial charge in [-0.2, -0.15) is 0 Å². The zero-order chi connectivity index (χ0) is 30.1. The van der Waals surface area contributed by atoms with Gasteiger partial charge in [0.05, 0.1) is 9.79 Å². The number of nitrogens with zero attached hydrogens (tertiary/aromatic N) is 3. The third kappa shape index (κ3) is 7.17. The molecule has 0 bridgehead atoms. The Hall–Kier alpha value is -2.50. The molecule has 0 aliphatic carbocycles. The number of anilines is 2. The lowest BCUT2D eigenvalue weighted by molar-refractivity contribution is -0.130. The molecule has 2 aliphatic rings. The van der Waals surface area contributed by atoms with E-state index in [1.54, 1.807) is 35.2 Å². The van der Waals surface area contributed by atoms with Crippen LogP contribution in [0.3, 0.4) is 0 Å². The summed E-state index contributed by atoms with van der Waals surface area (Å²) in [7, 11) is -7.29. The third-order valence-corrected chi connectivity index (χ3v) is 11.0. The van der Waals surface area contributed by atoms with E-state index in [1.165, 1.54) is 45.9 Å². The molecule has 0 radical (unpaired) electrons. The Kier molecular flexibility index (Phi) is 9.02. The molecule has 222 valence electrons. The Labute approximate surface area is 265 Å². The number of hydrogen-bond acceptors (Lipinski definition) is 10. The molecule has 3 N–H and O–H groups in total. The summed E-state index contributed by atoms with van der Waals surface area (Å²) in [6, 6.07) is 9.82. The van der Waals surface area contributed by atoms with Crippen molar-refractivity contribution >= 4 is 93.7 Å². The van der Waals surface area contributed by atoms with Gasteiger partial charge in [0, 0.05) is 49.3 Å². The highest BCUT2D eigenvalue weighted by Crippen LogP contribution is 2.34. The number of halogens is 3. The summed E-state index contributed by atoms with van der Waals surface area (Å²) < 4.78 is 51.9. The van der Waals surface area contributed by atoms with Gasteiger partial charge in [-0.3, -0.25) is 14.2 Å². The molecule has 2 aromatic heterocycles. The average molecular weight is 708 g/mol. The fraction of sp³-hybridized carbons (Fsp3) is 0.208. The summed E-state index contributed by atoms with van der Waals surface area (Å²) in [6.45, 7) is 1.97. The highest BCUT2D eigenvalue weighted by atomic mass is 35.6. The minimum absolute atomic E-state index is 0.0830. The number of rotatable bonds is 6. The maximum Gasteiger partial charge on any atom is 0.275 e. The molecule has 42 heavy (non-hydrogen) atoms. The van der Waals surface area contributed by atoms with Crippen molar-refractivity contribution in [1.29, 1.82) is 0 Å². The van der Waals surface area contributed by atoms with E-state index in [1.807, 2.05) is 6.07 Å². The lowest BCUT2D eigenvalue weighted by Crippen LogP contribution is -2.35. The number of carbonyl (C=O) groups is 1. The van der Waals surface area contributed by atoms with Crippen LogP contribution in [0.2, 0.25) is 0 Å². The molecule has 11 nitrogen and oxygen atoms in total. The number of benzene rings is 2. The van der Waals surface area contributed by atoms with Crippen molar-refractivity contribution in [2.45, 2.75) is 39.8 Å². The molecule has 0 fully saturated rings. The van der Waals surface area contributed by atoms with Crippen LogP contribution in [0.15, 0.2) is 69.3 Å². The van der Waals surface area contributed by atoms with Crippen LogP contribution in [0.5, 0.6) is 0 Å². The fourth-order valence-corrected chi connectivity index (χ4v) is 8.23. The normalized spacial score (nSPS) is 14.5. The Bertz CT molecular complexity index is 1810. The Morgan fingerprint density at radius 2 is 1.29 bits per heavy atom. The van der Waals surface area contributed by atoms with E-state index in [4.69, 9.17) is 34.8 Å². The molecule has 0 saturated carbocycles. The van der Waals surface area contributed by atoms with Gasteiger partial charge in [-0.25, -0.2) is 26.8 Å². The summed E-state index contributed by atoms with van der Waals surface area (Å²) in [6.07, 6.45) is 3.07. The fourth-order valence-electron chi connectivity index (χ4n) is 4.19. The van der Waals surface area contributed by atoms with E-state index in [9.17, 15) is 21.6 Å². The number of nitrogens with one attached hydrogen (secondary N) is 3. The first-order valence-electron chi connectivity index (χ1n) is 12.0. The molecule has 2 aromatic carbocycles. The summed E-state index contributed by atoms with van der Waals surface area (Å²) in [4.78, 5) is 21.6. The smallest absolute Gasteiger partial charge is 0.275 e. The summed E-state index contributed by atoms with van der Waals surface area (Å²) in [5.74, 6) is -0.644. The molecular weight excluding hydrogens is 687 g/mol. The molecule has 0 saturated heterocycles. The number of thiazole rings is 2. The van der Waals surface area contributed by atoms with Gasteiger partial charge in [0.25, 0.3) is 29.7 Å². The first-order chi connectivity index (χ1) is 19.8. The maximum atomic E-state index is 12.4. The van der Waals surface area contributed by atoms with Gasteiger partial charge >= 0.3 is 0 Å². The number of alkyl halides is 3. The van der Waals surface area contributed by atoms with Crippen LogP contribution in [-0.4, -0.2) is 41.4 Å². The molecule has 0 atom stereocenters. The number of aromatic nitrogens is 2. The van der Waals surface area contributed by atoms with Crippen molar-refractivity contribution in [3.05, 3.63) is 81.8 Å². The number of sulfonamides is 2.